The van der Waals surface area contributed by atoms with Crippen LogP contribution in [-0.2, 0) is 9.53 Å². The number of aromatic nitrogens is 1. The molecular weight excluding hydrogens is 418 g/mol. The molecule has 0 bridgehead atoms. The molecule has 0 spiro atoms. The third kappa shape index (κ3) is 4.55. The number of para-hydroxylation sites is 1. The quantitative estimate of drug-likeness (QED) is 0.576. The van der Waals surface area contributed by atoms with E-state index in [1.165, 1.54) is 19.2 Å². The van der Waals surface area contributed by atoms with E-state index in [9.17, 15) is 14.9 Å². The van der Waals surface area contributed by atoms with Gasteiger partial charge in [0.25, 0.3) is 5.91 Å². The number of amides is 1. The Hall–Kier alpha value is -3.76. The Labute approximate surface area is 184 Å². The van der Waals surface area contributed by atoms with Gasteiger partial charge in [0.15, 0.2) is 6.61 Å². The largest absolute Gasteiger partial charge is 0.496 e. The lowest BCUT2D eigenvalue weighted by atomic mass is 10.2. The van der Waals surface area contributed by atoms with Crippen LogP contribution in [0.3, 0.4) is 0 Å². The summed E-state index contributed by atoms with van der Waals surface area (Å²) >= 11 is 5.94. The van der Waals surface area contributed by atoms with Crippen molar-refractivity contribution in [2.45, 2.75) is 13.8 Å². The van der Waals surface area contributed by atoms with Gasteiger partial charge in [-0.1, -0.05) is 29.8 Å². The highest BCUT2D eigenvalue weighted by atomic mass is 35.5. The number of ether oxygens (including phenoxy) is 2. The molecule has 1 amide bonds. The number of anilines is 1. The lowest BCUT2D eigenvalue weighted by Crippen LogP contribution is -2.23. The predicted molar refractivity (Wildman–Crippen MR) is 117 cm³/mol. The average Bonchev–Trinajstić information content (AvgIpc) is 3.01. The highest BCUT2D eigenvalue weighted by molar-refractivity contribution is 6.31. The number of nitriles is 1. The number of esters is 1. The molecule has 0 aliphatic carbocycles. The molecule has 1 aromatic heterocycles. The van der Waals surface area contributed by atoms with Crippen molar-refractivity contribution < 1.29 is 19.1 Å². The van der Waals surface area contributed by atoms with Gasteiger partial charge >= 0.3 is 5.97 Å². The third-order valence-corrected chi connectivity index (χ3v) is 5.05. The summed E-state index contributed by atoms with van der Waals surface area (Å²) in [4.78, 5) is 25.0. The Kier molecular flexibility index (Phi) is 6.63. The number of nitrogens with one attached hydrogen (secondary N) is 1. The summed E-state index contributed by atoms with van der Waals surface area (Å²) in [6.07, 6.45) is 0. The van der Waals surface area contributed by atoms with Crippen LogP contribution in [0.2, 0.25) is 5.02 Å². The second kappa shape index (κ2) is 9.37. The van der Waals surface area contributed by atoms with Crippen LogP contribution in [-0.4, -0.2) is 30.2 Å². The van der Waals surface area contributed by atoms with Crippen molar-refractivity contribution in [2.75, 3.05) is 19.0 Å². The standard InChI is InChI=1S/C23H20ClN3O4/c1-14-15(2)27(17-7-5-4-6-8-17)22(19(14)12-25)26-21(28)13-31-23(29)18-11-16(24)9-10-20(18)30-3/h4-11H,13H2,1-3H3,(H,26,28). The normalized spacial score (nSPS) is 10.3. The summed E-state index contributed by atoms with van der Waals surface area (Å²) in [5, 5.41) is 12.7. The number of hydrogen-bond acceptors (Lipinski definition) is 5. The van der Waals surface area contributed by atoms with Gasteiger partial charge in [-0.15, -0.1) is 0 Å². The molecule has 8 heteroatoms. The van der Waals surface area contributed by atoms with E-state index in [-0.39, 0.29) is 11.3 Å². The van der Waals surface area contributed by atoms with Crippen LogP contribution in [0, 0.1) is 25.2 Å². The van der Waals surface area contributed by atoms with E-state index in [1.54, 1.807) is 10.6 Å². The molecule has 0 aliphatic rings. The topological polar surface area (TPSA) is 93.3 Å². The van der Waals surface area contributed by atoms with Crippen LogP contribution >= 0.6 is 11.6 Å². The summed E-state index contributed by atoms with van der Waals surface area (Å²) in [5.41, 5.74) is 2.82. The second-order valence-electron chi connectivity index (χ2n) is 6.69. The zero-order chi connectivity index (χ0) is 22.5. The zero-order valence-corrected chi connectivity index (χ0v) is 18.0. The van der Waals surface area contributed by atoms with Crippen molar-refractivity contribution in [3.8, 4) is 17.5 Å². The Balaban J connectivity index is 1.82. The van der Waals surface area contributed by atoms with E-state index in [0.717, 1.165) is 16.9 Å². The number of carbonyl (C=O) groups excluding carboxylic acids is 2. The molecule has 31 heavy (non-hydrogen) atoms. The van der Waals surface area contributed by atoms with Gasteiger partial charge in [0.1, 0.15) is 23.2 Å². The fourth-order valence-electron chi connectivity index (χ4n) is 3.18. The second-order valence-corrected chi connectivity index (χ2v) is 7.12. The van der Waals surface area contributed by atoms with E-state index in [1.807, 2.05) is 44.2 Å². The van der Waals surface area contributed by atoms with Gasteiger partial charge in [-0.05, 0) is 49.7 Å². The van der Waals surface area contributed by atoms with Crippen molar-refractivity contribution >= 4 is 29.3 Å². The van der Waals surface area contributed by atoms with Crippen LogP contribution in [0.5, 0.6) is 5.75 Å². The minimum Gasteiger partial charge on any atom is -0.496 e. The van der Waals surface area contributed by atoms with E-state index < -0.39 is 18.5 Å². The Morgan fingerprint density at radius 3 is 2.52 bits per heavy atom. The number of benzene rings is 2. The number of carbonyl (C=O) groups is 2. The maximum Gasteiger partial charge on any atom is 0.342 e. The number of halogens is 1. The van der Waals surface area contributed by atoms with E-state index in [4.69, 9.17) is 21.1 Å². The van der Waals surface area contributed by atoms with Crippen molar-refractivity contribution in [2.24, 2.45) is 0 Å². The molecule has 1 heterocycles. The van der Waals surface area contributed by atoms with Gasteiger partial charge in [-0.25, -0.2) is 4.79 Å². The van der Waals surface area contributed by atoms with E-state index >= 15 is 0 Å². The average molecular weight is 438 g/mol. The number of methoxy groups -OCH3 is 1. The molecule has 7 nitrogen and oxygen atoms in total. The van der Waals surface area contributed by atoms with Gasteiger partial charge in [0, 0.05) is 16.4 Å². The molecule has 0 saturated heterocycles. The molecular formula is C23H20ClN3O4. The summed E-state index contributed by atoms with van der Waals surface area (Å²) in [6, 6.07) is 16.0. The smallest absolute Gasteiger partial charge is 0.342 e. The molecule has 2 aromatic carbocycles. The lowest BCUT2D eigenvalue weighted by Gasteiger charge is -2.13. The van der Waals surface area contributed by atoms with Crippen LogP contribution in [0.4, 0.5) is 5.82 Å². The highest BCUT2D eigenvalue weighted by Gasteiger charge is 2.22. The van der Waals surface area contributed by atoms with Crippen molar-refractivity contribution in [1.82, 2.24) is 4.57 Å². The number of nitrogens with zero attached hydrogens (tertiary/aromatic N) is 2. The van der Waals surface area contributed by atoms with Gasteiger partial charge in [0.05, 0.1) is 12.7 Å². The molecule has 0 saturated carbocycles. The first kappa shape index (κ1) is 21.9. The fourth-order valence-corrected chi connectivity index (χ4v) is 3.35. The summed E-state index contributed by atoms with van der Waals surface area (Å²) < 4.78 is 12.1. The number of rotatable bonds is 6. The summed E-state index contributed by atoms with van der Waals surface area (Å²) in [5.74, 6) is -0.725. The molecule has 0 unspecified atom stereocenters. The fraction of sp³-hybridized carbons (Fsp3) is 0.174. The first-order valence-corrected chi connectivity index (χ1v) is 9.73. The highest BCUT2D eigenvalue weighted by Crippen LogP contribution is 2.30. The first-order chi connectivity index (χ1) is 14.9. The minimum absolute atomic E-state index is 0.111. The lowest BCUT2D eigenvalue weighted by molar-refractivity contribution is -0.119. The van der Waals surface area contributed by atoms with Gasteiger partial charge < -0.3 is 14.8 Å². The summed E-state index contributed by atoms with van der Waals surface area (Å²) in [6.45, 7) is 3.14. The molecule has 0 radical (unpaired) electrons. The monoisotopic (exact) mass is 437 g/mol. The van der Waals surface area contributed by atoms with E-state index in [2.05, 4.69) is 11.4 Å². The SMILES string of the molecule is COc1ccc(Cl)cc1C(=O)OCC(=O)Nc1c(C#N)c(C)c(C)n1-c1ccccc1. The van der Waals surface area contributed by atoms with Gasteiger partial charge in [-0.2, -0.15) is 5.26 Å². The third-order valence-electron chi connectivity index (χ3n) is 4.81. The molecule has 1 N–H and O–H groups in total. The maximum atomic E-state index is 12.6. The van der Waals surface area contributed by atoms with E-state index in [0.29, 0.717) is 16.4 Å². The summed E-state index contributed by atoms with van der Waals surface area (Å²) in [7, 11) is 1.42. The Morgan fingerprint density at radius 1 is 1.16 bits per heavy atom. The van der Waals surface area contributed by atoms with Gasteiger partial charge in [-0.3, -0.25) is 9.36 Å². The molecule has 158 valence electrons. The minimum atomic E-state index is -0.749. The van der Waals surface area contributed by atoms with Crippen molar-refractivity contribution in [3.63, 3.8) is 0 Å². The van der Waals surface area contributed by atoms with Crippen LogP contribution in [0.15, 0.2) is 48.5 Å². The maximum absolute atomic E-state index is 12.6. The van der Waals surface area contributed by atoms with Crippen molar-refractivity contribution in [3.05, 3.63) is 75.9 Å². The van der Waals surface area contributed by atoms with Crippen molar-refractivity contribution in [1.29, 1.82) is 5.26 Å². The first-order valence-electron chi connectivity index (χ1n) is 9.35. The van der Waals surface area contributed by atoms with Gasteiger partial charge in [0.2, 0.25) is 0 Å². The van der Waals surface area contributed by atoms with Crippen LogP contribution in [0.1, 0.15) is 27.2 Å². The zero-order valence-electron chi connectivity index (χ0n) is 17.2. The Morgan fingerprint density at radius 2 is 1.87 bits per heavy atom. The molecule has 0 aliphatic heterocycles. The molecule has 3 aromatic rings. The molecule has 3 rings (SSSR count). The Bertz CT molecular complexity index is 1180. The predicted octanol–water partition coefficient (Wildman–Crippen LogP) is 4.42. The van der Waals surface area contributed by atoms with Crippen LogP contribution < -0.4 is 10.1 Å². The number of hydrogen-bond donors (Lipinski definition) is 1. The van der Waals surface area contributed by atoms with Crippen LogP contribution in [0.25, 0.3) is 5.69 Å². The molecule has 0 atom stereocenters. The molecule has 0 fully saturated rings.